The first kappa shape index (κ1) is 14.4. The van der Waals surface area contributed by atoms with Gasteiger partial charge >= 0.3 is 0 Å². The fourth-order valence-corrected chi connectivity index (χ4v) is 1.98. The van der Waals surface area contributed by atoms with Gasteiger partial charge < -0.3 is 20.5 Å². The summed E-state index contributed by atoms with van der Waals surface area (Å²) >= 11 is 0. The van der Waals surface area contributed by atoms with Crippen LogP contribution in [0.25, 0.3) is 0 Å². The molecule has 0 aliphatic heterocycles. The number of aliphatic hydroxyl groups excluding tert-OH is 1. The first-order valence-electron chi connectivity index (χ1n) is 6.43. The summed E-state index contributed by atoms with van der Waals surface area (Å²) in [6.07, 6.45) is 5.76. The van der Waals surface area contributed by atoms with Crippen molar-refractivity contribution < 1.29 is 14.6 Å². The summed E-state index contributed by atoms with van der Waals surface area (Å²) < 4.78 is 5.64. The molecule has 0 aromatic heterocycles. The van der Waals surface area contributed by atoms with Gasteiger partial charge in [-0.05, 0) is 12.8 Å². The number of hydrogen-bond acceptors (Lipinski definition) is 4. The van der Waals surface area contributed by atoms with Crippen LogP contribution in [-0.2, 0) is 9.53 Å². The van der Waals surface area contributed by atoms with Crippen LogP contribution in [0.15, 0.2) is 0 Å². The van der Waals surface area contributed by atoms with Crippen molar-refractivity contribution in [1.82, 2.24) is 10.6 Å². The van der Waals surface area contributed by atoms with Crippen LogP contribution < -0.4 is 10.6 Å². The molecule has 1 atom stereocenters. The van der Waals surface area contributed by atoms with Crippen molar-refractivity contribution in [2.75, 3.05) is 26.7 Å². The Kier molecular flexibility index (Phi) is 7.16. The summed E-state index contributed by atoms with van der Waals surface area (Å²) in [6, 6.07) is 0. The number of nitrogens with one attached hydrogen (secondary N) is 2. The van der Waals surface area contributed by atoms with Gasteiger partial charge in [0.15, 0.2) is 0 Å². The van der Waals surface area contributed by atoms with E-state index in [-0.39, 0.29) is 12.5 Å². The average molecular weight is 244 g/mol. The molecule has 17 heavy (non-hydrogen) atoms. The Morgan fingerprint density at radius 2 is 2.12 bits per heavy atom. The third-order valence-corrected chi connectivity index (χ3v) is 3.02. The first-order chi connectivity index (χ1) is 8.22. The number of amides is 1. The molecule has 5 heteroatoms. The summed E-state index contributed by atoms with van der Waals surface area (Å²) in [6.45, 7) is 0.975. The number of aliphatic hydroxyl groups is 1. The van der Waals surface area contributed by atoms with E-state index in [0.29, 0.717) is 19.3 Å². The van der Waals surface area contributed by atoms with Crippen molar-refractivity contribution in [3.8, 4) is 0 Å². The lowest BCUT2D eigenvalue weighted by atomic mass is 9.98. The summed E-state index contributed by atoms with van der Waals surface area (Å²) in [7, 11) is 1.59. The van der Waals surface area contributed by atoms with Gasteiger partial charge in [0.1, 0.15) is 0 Å². The zero-order valence-electron chi connectivity index (χ0n) is 10.6. The number of ether oxygens (including phenoxy) is 1. The van der Waals surface area contributed by atoms with Crippen molar-refractivity contribution in [3.05, 3.63) is 0 Å². The van der Waals surface area contributed by atoms with Gasteiger partial charge in [-0.1, -0.05) is 19.3 Å². The van der Waals surface area contributed by atoms with Crippen LogP contribution >= 0.6 is 0 Å². The van der Waals surface area contributed by atoms with Crippen LogP contribution in [0.4, 0.5) is 0 Å². The molecule has 1 aliphatic rings. The average Bonchev–Trinajstić information content (AvgIpc) is 2.37. The maximum Gasteiger partial charge on any atom is 0.233 e. The molecule has 0 bridgehead atoms. The molecular weight excluding hydrogens is 220 g/mol. The van der Waals surface area contributed by atoms with E-state index in [1.54, 1.807) is 7.05 Å². The second-order valence-corrected chi connectivity index (χ2v) is 4.55. The van der Waals surface area contributed by atoms with Crippen molar-refractivity contribution >= 4 is 5.91 Å². The maximum atomic E-state index is 10.9. The number of rotatable bonds is 7. The molecule has 0 saturated heterocycles. The molecule has 1 amide bonds. The van der Waals surface area contributed by atoms with Gasteiger partial charge in [0.05, 0.1) is 25.4 Å². The van der Waals surface area contributed by atoms with Gasteiger partial charge in [-0.2, -0.15) is 0 Å². The van der Waals surface area contributed by atoms with E-state index < -0.39 is 6.10 Å². The van der Waals surface area contributed by atoms with E-state index in [1.807, 2.05) is 0 Å². The number of carbonyl (C=O) groups is 1. The Hall–Kier alpha value is -0.650. The molecule has 0 radical (unpaired) electrons. The lowest BCUT2D eigenvalue weighted by molar-refractivity contribution is -0.119. The molecule has 0 aromatic carbocycles. The minimum atomic E-state index is -0.540. The number of carbonyl (C=O) groups excluding carboxylic acids is 1. The van der Waals surface area contributed by atoms with Gasteiger partial charge in [-0.15, -0.1) is 0 Å². The molecular formula is C12H24N2O3. The summed E-state index contributed by atoms with van der Waals surface area (Å²) in [5.41, 5.74) is 0. The van der Waals surface area contributed by atoms with Gasteiger partial charge in [0.25, 0.3) is 0 Å². The Balaban J connectivity index is 2.00. The molecule has 0 spiro atoms. The minimum absolute atomic E-state index is 0.0783. The molecule has 100 valence electrons. The lowest BCUT2D eigenvalue weighted by Gasteiger charge is -2.23. The molecule has 1 saturated carbocycles. The molecule has 1 fully saturated rings. The normalized spacial score (nSPS) is 18.9. The topological polar surface area (TPSA) is 70.6 Å². The van der Waals surface area contributed by atoms with E-state index >= 15 is 0 Å². The van der Waals surface area contributed by atoms with Crippen LogP contribution in [0.2, 0.25) is 0 Å². The lowest BCUT2D eigenvalue weighted by Crippen LogP contribution is -2.38. The van der Waals surface area contributed by atoms with E-state index in [0.717, 1.165) is 12.8 Å². The van der Waals surface area contributed by atoms with Gasteiger partial charge in [-0.3, -0.25) is 4.79 Å². The maximum absolute atomic E-state index is 10.9. The predicted molar refractivity (Wildman–Crippen MR) is 65.8 cm³/mol. The molecule has 1 rings (SSSR count). The summed E-state index contributed by atoms with van der Waals surface area (Å²) in [4.78, 5) is 10.9. The van der Waals surface area contributed by atoms with E-state index in [9.17, 15) is 9.90 Å². The molecule has 5 nitrogen and oxygen atoms in total. The third-order valence-electron chi connectivity index (χ3n) is 3.02. The second kappa shape index (κ2) is 8.44. The highest BCUT2D eigenvalue weighted by molar-refractivity contribution is 5.77. The molecule has 1 unspecified atom stereocenters. The molecule has 0 aromatic rings. The Morgan fingerprint density at radius 3 is 2.76 bits per heavy atom. The quantitative estimate of drug-likeness (QED) is 0.591. The molecule has 3 N–H and O–H groups in total. The largest absolute Gasteiger partial charge is 0.389 e. The highest BCUT2D eigenvalue weighted by Crippen LogP contribution is 2.20. The fraction of sp³-hybridized carbons (Fsp3) is 0.917. The molecule has 0 heterocycles. The van der Waals surface area contributed by atoms with Gasteiger partial charge in [0.2, 0.25) is 5.91 Å². The van der Waals surface area contributed by atoms with Gasteiger partial charge in [-0.25, -0.2) is 0 Å². The van der Waals surface area contributed by atoms with E-state index in [1.165, 1.54) is 19.3 Å². The Bertz CT molecular complexity index is 218. The summed E-state index contributed by atoms with van der Waals surface area (Å²) in [5.74, 6) is -0.0783. The smallest absolute Gasteiger partial charge is 0.233 e. The molecule has 1 aliphatic carbocycles. The first-order valence-corrected chi connectivity index (χ1v) is 6.43. The third kappa shape index (κ3) is 6.61. The highest BCUT2D eigenvalue weighted by atomic mass is 16.5. The van der Waals surface area contributed by atoms with E-state index in [4.69, 9.17) is 4.74 Å². The number of hydrogen-bond donors (Lipinski definition) is 3. The van der Waals surface area contributed by atoms with Crippen molar-refractivity contribution in [2.24, 2.45) is 0 Å². The second-order valence-electron chi connectivity index (χ2n) is 4.55. The fourth-order valence-electron chi connectivity index (χ4n) is 1.98. The Morgan fingerprint density at radius 1 is 1.41 bits per heavy atom. The zero-order chi connectivity index (χ0) is 12.5. The van der Waals surface area contributed by atoms with Crippen LogP contribution in [0.3, 0.4) is 0 Å². The standard InChI is InChI=1S/C12H24N2O3/c1-13-12(16)8-14-7-10(15)9-17-11-5-3-2-4-6-11/h10-11,14-15H,2-9H2,1H3,(H,13,16). The predicted octanol–water partition coefficient (Wildman–Crippen LogP) is 0.0322. The van der Waals surface area contributed by atoms with E-state index in [2.05, 4.69) is 10.6 Å². The zero-order valence-corrected chi connectivity index (χ0v) is 10.6. The van der Waals surface area contributed by atoms with Crippen molar-refractivity contribution in [1.29, 1.82) is 0 Å². The van der Waals surface area contributed by atoms with Gasteiger partial charge in [0, 0.05) is 13.6 Å². The van der Waals surface area contributed by atoms with Crippen molar-refractivity contribution in [2.45, 2.75) is 44.3 Å². The summed E-state index contributed by atoms with van der Waals surface area (Å²) in [5, 5.41) is 15.0. The van der Waals surface area contributed by atoms with Crippen LogP contribution in [0, 0.1) is 0 Å². The number of likely N-dealkylation sites (N-methyl/N-ethyl adjacent to an activating group) is 1. The SMILES string of the molecule is CNC(=O)CNCC(O)COC1CCCCC1. The van der Waals surface area contributed by atoms with Crippen molar-refractivity contribution in [3.63, 3.8) is 0 Å². The monoisotopic (exact) mass is 244 g/mol. The Labute approximate surface area is 103 Å². The van der Waals surface area contributed by atoms with Crippen LogP contribution in [-0.4, -0.2) is 50.0 Å². The van der Waals surface area contributed by atoms with Crippen LogP contribution in [0.5, 0.6) is 0 Å². The van der Waals surface area contributed by atoms with Crippen LogP contribution in [0.1, 0.15) is 32.1 Å². The minimum Gasteiger partial charge on any atom is -0.389 e. The highest BCUT2D eigenvalue weighted by Gasteiger charge is 2.15.